The zero-order valence-electron chi connectivity index (χ0n) is 5.91. The van der Waals surface area contributed by atoms with Gasteiger partial charge in [-0.25, -0.2) is 0 Å². The minimum atomic E-state index is -0.111. The van der Waals surface area contributed by atoms with Crippen molar-refractivity contribution in [1.82, 2.24) is 5.32 Å². The Hall–Kier alpha value is -0.960. The molecule has 0 unspecified atom stereocenters. The SMILES string of the molecule is O=C(NC[S])c1ccccc1. The number of amides is 1. The van der Waals surface area contributed by atoms with Gasteiger partial charge >= 0.3 is 0 Å². The van der Waals surface area contributed by atoms with Crippen LogP contribution in [0.2, 0.25) is 0 Å². The fourth-order valence-corrected chi connectivity index (χ4v) is 0.888. The molecule has 0 atom stereocenters. The van der Waals surface area contributed by atoms with E-state index in [2.05, 4.69) is 17.9 Å². The highest BCUT2D eigenvalue weighted by Gasteiger charge is 2.00. The molecule has 0 heterocycles. The highest BCUT2D eigenvalue weighted by atomic mass is 32.1. The monoisotopic (exact) mass is 166 g/mol. The van der Waals surface area contributed by atoms with Crippen molar-refractivity contribution in [2.24, 2.45) is 0 Å². The van der Waals surface area contributed by atoms with E-state index in [0.717, 1.165) is 0 Å². The highest BCUT2D eigenvalue weighted by Crippen LogP contribution is 1.97. The van der Waals surface area contributed by atoms with Gasteiger partial charge < -0.3 is 5.32 Å². The number of rotatable bonds is 2. The standard InChI is InChI=1S/C8H8NOS/c10-8(9-6-11)7-4-2-1-3-5-7/h1-5H,6H2,(H,9,10). The zero-order chi connectivity index (χ0) is 8.10. The summed E-state index contributed by atoms with van der Waals surface area (Å²) >= 11 is 4.60. The van der Waals surface area contributed by atoms with Crippen molar-refractivity contribution in [2.45, 2.75) is 0 Å². The van der Waals surface area contributed by atoms with E-state index >= 15 is 0 Å². The van der Waals surface area contributed by atoms with Crippen LogP contribution in [-0.2, 0) is 0 Å². The maximum atomic E-state index is 11.1. The van der Waals surface area contributed by atoms with E-state index in [9.17, 15) is 4.79 Å². The van der Waals surface area contributed by atoms with Gasteiger partial charge in [0.05, 0.1) is 5.88 Å². The lowest BCUT2D eigenvalue weighted by molar-refractivity contribution is 0.0961. The van der Waals surface area contributed by atoms with Gasteiger partial charge in [-0.05, 0) is 12.1 Å². The maximum Gasteiger partial charge on any atom is 0.251 e. The van der Waals surface area contributed by atoms with E-state index in [1.54, 1.807) is 12.1 Å². The summed E-state index contributed by atoms with van der Waals surface area (Å²) in [5.74, 6) is 0.147. The second-order valence-electron chi connectivity index (χ2n) is 2.02. The van der Waals surface area contributed by atoms with E-state index in [-0.39, 0.29) is 11.8 Å². The molecule has 0 aromatic heterocycles. The molecule has 0 spiro atoms. The van der Waals surface area contributed by atoms with Gasteiger partial charge in [0.1, 0.15) is 0 Å². The number of hydrogen-bond acceptors (Lipinski definition) is 1. The minimum Gasteiger partial charge on any atom is -0.342 e. The van der Waals surface area contributed by atoms with Gasteiger partial charge in [-0.3, -0.25) is 4.79 Å². The van der Waals surface area contributed by atoms with Gasteiger partial charge in [-0.15, -0.1) is 0 Å². The summed E-state index contributed by atoms with van der Waals surface area (Å²) in [6.45, 7) is 0. The van der Waals surface area contributed by atoms with Crippen LogP contribution in [0.1, 0.15) is 10.4 Å². The first-order valence-corrected chi connectivity index (χ1v) is 3.83. The molecule has 2 nitrogen and oxygen atoms in total. The zero-order valence-corrected chi connectivity index (χ0v) is 6.73. The molecule has 11 heavy (non-hydrogen) atoms. The van der Waals surface area contributed by atoms with Gasteiger partial charge in [0, 0.05) is 5.56 Å². The molecule has 1 amide bonds. The predicted octanol–water partition coefficient (Wildman–Crippen LogP) is 1.57. The normalized spacial score (nSPS) is 9.18. The Labute approximate surface area is 71.0 Å². The summed E-state index contributed by atoms with van der Waals surface area (Å²) in [7, 11) is 0. The van der Waals surface area contributed by atoms with Crippen LogP contribution in [0.15, 0.2) is 30.3 Å². The van der Waals surface area contributed by atoms with Gasteiger partial charge in [0.25, 0.3) is 5.91 Å². The van der Waals surface area contributed by atoms with Crippen molar-refractivity contribution >= 4 is 18.5 Å². The molecule has 0 aliphatic heterocycles. The Balaban J connectivity index is 2.69. The summed E-state index contributed by atoms with van der Waals surface area (Å²) in [6.07, 6.45) is 0. The molecule has 1 aromatic carbocycles. The van der Waals surface area contributed by atoms with Crippen molar-refractivity contribution in [2.75, 3.05) is 5.88 Å². The summed E-state index contributed by atoms with van der Waals surface area (Å²) in [6, 6.07) is 9.00. The van der Waals surface area contributed by atoms with Crippen LogP contribution < -0.4 is 5.32 Å². The third-order valence-corrected chi connectivity index (χ3v) is 1.41. The molecule has 0 aliphatic rings. The molecule has 1 radical (unpaired) electrons. The van der Waals surface area contributed by atoms with Gasteiger partial charge in [-0.1, -0.05) is 30.8 Å². The third kappa shape index (κ3) is 2.27. The Bertz CT molecular complexity index is 235. The lowest BCUT2D eigenvalue weighted by Crippen LogP contribution is -2.21. The van der Waals surface area contributed by atoms with Crippen LogP contribution in [0.25, 0.3) is 0 Å². The largest absolute Gasteiger partial charge is 0.342 e. The molecule has 0 aliphatic carbocycles. The Morgan fingerprint density at radius 1 is 1.36 bits per heavy atom. The average molecular weight is 166 g/mol. The van der Waals surface area contributed by atoms with Crippen LogP contribution in [0.4, 0.5) is 0 Å². The minimum absolute atomic E-state index is 0.111. The van der Waals surface area contributed by atoms with Crippen molar-refractivity contribution in [3.8, 4) is 0 Å². The first-order valence-electron chi connectivity index (χ1n) is 3.26. The molecule has 3 heteroatoms. The summed E-state index contributed by atoms with van der Waals surface area (Å²) < 4.78 is 0. The number of nitrogens with one attached hydrogen (secondary N) is 1. The molecule has 1 rings (SSSR count). The molecule has 0 saturated heterocycles. The Morgan fingerprint density at radius 2 is 2.00 bits per heavy atom. The van der Waals surface area contributed by atoms with E-state index in [4.69, 9.17) is 0 Å². The third-order valence-electron chi connectivity index (χ3n) is 1.27. The molecule has 0 fully saturated rings. The smallest absolute Gasteiger partial charge is 0.251 e. The maximum absolute atomic E-state index is 11.1. The van der Waals surface area contributed by atoms with Crippen LogP contribution in [0.3, 0.4) is 0 Å². The van der Waals surface area contributed by atoms with Crippen LogP contribution >= 0.6 is 12.6 Å². The lowest BCUT2D eigenvalue weighted by Gasteiger charge is -1.98. The predicted molar refractivity (Wildman–Crippen MR) is 46.4 cm³/mol. The lowest BCUT2D eigenvalue weighted by atomic mass is 10.2. The molecule has 0 bridgehead atoms. The molecule has 57 valence electrons. The summed E-state index contributed by atoms with van der Waals surface area (Å²) in [5, 5.41) is 2.54. The first kappa shape index (κ1) is 8.14. The number of carbonyl (C=O) groups excluding carboxylic acids is 1. The van der Waals surface area contributed by atoms with E-state index in [1.807, 2.05) is 18.2 Å². The Morgan fingerprint density at radius 3 is 2.55 bits per heavy atom. The first-order chi connectivity index (χ1) is 5.34. The van der Waals surface area contributed by atoms with Gasteiger partial charge in [0.15, 0.2) is 0 Å². The topological polar surface area (TPSA) is 29.1 Å². The number of carbonyl (C=O) groups is 1. The fourth-order valence-electron chi connectivity index (χ4n) is 0.757. The van der Waals surface area contributed by atoms with Crippen LogP contribution in [-0.4, -0.2) is 11.8 Å². The second kappa shape index (κ2) is 4.03. The van der Waals surface area contributed by atoms with Crippen LogP contribution in [0, 0.1) is 0 Å². The van der Waals surface area contributed by atoms with E-state index in [1.165, 1.54) is 0 Å². The van der Waals surface area contributed by atoms with Crippen molar-refractivity contribution in [1.29, 1.82) is 0 Å². The number of benzene rings is 1. The fraction of sp³-hybridized carbons (Fsp3) is 0.125. The molecule has 0 saturated carbocycles. The molecule has 1 N–H and O–H groups in total. The van der Waals surface area contributed by atoms with Gasteiger partial charge in [-0.2, -0.15) is 0 Å². The van der Waals surface area contributed by atoms with Gasteiger partial charge in [0.2, 0.25) is 0 Å². The molecular weight excluding hydrogens is 158 g/mol. The molecular formula is C8H8NOS. The Kier molecular flexibility index (Phi) is 2.98. The van der Waals surface area contributed by atoms with Crippen molar-refractivity contribution < 1.29 is 4.79 Å². The quantitative estimate of drug-likeness (QED) is 0.710. The number of hydrogen-bond donors (Lipinski definition) is 1. The average Bonchev–Trinajstić information content (AvgIpc) is 2.07. The van der Waals surface area contributed by atoms with Crippen molar-refractivity contribution in [3.05, 3.63) is 35.9 Å². The van der Waals surface area contributed by atoms with Crippen molar-refractivity contribution in [3.63, 3.8) is 0 Å². The highest BCUT2D eigenvalue weighted by molar-refractivity contribution is 7.80. The van der Waals surface area contributed by atoms with Crippen LogP contribution in [0.5, 0.6) is 0 Å². The summed E-state index contributed by atoms with van der Waals surface area (Å²) in [4.78, 5) is 11.1. The van der Waals surface area contributed by atoms with E-state index < -0.39 is 0 Å². The van der Waals surface area contributed by atoms with E-state index in [0.29, 0.717) is 5.56 Å². The molecule has 1 aromatic rings. The summed E-state index contributed by atoms with van der Waals surface area (Å²) in [5.41, 5.74) is 0.650. The second-order valence-corrected chi connectivity index (χ2v) is 2.30.